The van der Waals surface area contributed by atoms with Gasteiger partial charge in [0.15, 0.2) is 11.6 Å². The Labute approximate surface area is 113 Å². The molecule has 6 heteroatoms. The van der Waals surface area contributed by atoms with Crippen LogP contribution < -0.4 is 10.5 Å². The number of ether oxygens (including phenoxy) is 2. The van der Waals surface area contributed by atoms with Crippen LogP contribution in [0.1, 0.15) is 15.2 Å². The van der Waals surface area contributed by atoms with E-state index in [4.69, 9.17) is 10.5 Å². The monoisotopic (exact) mass is 281 g/mol. The van der Waals surface area contributed by atoms with Gasteiger partial charge < -0.3 is 15.2 Å². The van der Waals surface area contributed by atoms with E-state index in [0.29, 0.717) is 0 Å². The molecular formula is C13H12FNO3S. The maximum Gasteiger partial charge on any atom is 0.340 e. The van der Waals surface area contributed by atoms with Crippen LogP contribution in [0.5, 0.6) is 5.75 Å². The van der Waals surface area contributed by atoms with E-state index in [2.05, 4.69) is 4.74 Å². The van der Waals surface area contributed by atoms with Crippen LogP contribution in [-0.4, -0.2) is 13.1 Å². The second-order valence-electron chi connectivity index (χ2n) is 3.73. The van der Waals surface area contributed by atoms with Crippen molar-refractivity contribution in [1.29, 1.82) is 0 Å². The van der Waals surface area contributed by atoms with Crippen molar-refractivity contribution in [2.45, 2.75) is 6.61 Å². The molecule has 0 saturated heterocycles. The Hall–Kier alpha value is -2.08. The summed E-state index contributed by atoms with van der Waals surface area (Å²) >= 11 is 1.50. The molecule has 0 unspecified atom stereocenters. The summed E-state index contributed by atoms with van der Waals surface area (Å²) in [5.74, 6) is -1.26. The summed E-state index contributed by atoms with van der Waals surface area (Å²) in [4.78, 5) is 12.4. The van der Waals surface area contributed by atoms with Gasteiger partial charge in [0.25, 0.3) is 0 Å². The largest absolute Gasteiger partial charge is 0.485 e. The van der Waals surface area contributed by atoms with E-state index >= 15 is 0 Å². The third kappa shape index (κ3) is 3.03. The van der Waals surface area contributed by atoms with E-state index in [1.165, 1.54) is 24.5 Å². The highest BCUT2D eigenvalue weighted by atomic mass is 32.1. The summed E-state index contributed by atoms with van der Waals surface area (Å²) in [6, 6.07) is 6.06. The average Bonchev–Trinajstić information content (AvgIpc) is 2.90. The molecule has 100 valence electrons. The van der Waals surface area contributed by atoms with Crippen molar-refractivity contribution in [3.05, 3.63) is 45.9 Å². The minimum Gasteiger partial charge on any atom is -0.485 e. The van der Waals surface area contributed by atoms with Crippen LogP contribution in [0.25, 0.3) is 0 Å². The molecule has 0 aliphatic carbocycles. The van der Waals surface area contributed by atoms with Crippen LogP contribution in [0.15, 0.2) is 29.6 Å². The third-order valence-electron chi connectivity index (χ3n) is 2.46. The number of carbonyl (C=O) groups excluding carboxylic acids is 1. The van der Waals surface area contributed by atoms with Gasteiger partial charge in [0.2, 0.25) is 0 Å². The number of nitrogen functional groups attached to an aromatic ring is 1. The van der Waals surface area contributed by atoms with E-state index in [-0.39, 0.29) is 23.6 Å². The maximum absolute atomic E-state index is 13.7. The maximum atomic E-state index is 13.7. The Balaban J connectivity index is 2.22. The van der Waals surface area contributed by atoms with Gasteiger partial charge in [-0.15, -0.1) is 11.3 Å². The molecule has 0 atom stereocenters. The molecule has 0 aliphatic rings. The van der Waals surface area contributed by atoms with Crippen molar-refractivity contribution >= 4 is 23.0 Å². The van der Waals surface area contributed by atoms with Gasteiger partial charge in [-0.25, -0.2) is 9.18 Å². The van der Waals surface area contributed by atoms with Crippen LogP contribution in [-0.2, 0) is 11.3 Å². The molecule has 0 spiro atoms. The third-order valence-corrected chi connectivity index (χ3v) is 3.31. The van der Waals surface area contributed by atoms with Crippen molar-refractivity contribution < 1.29 is 18.7 Å². The Morgan fingerprint density at radius 3 is 2.89 bits per heavy atom. The number of rotatable bonds is 4. The zero-order valence-corrected chi connectivity index (χ0v) is 11.0. The van der Waals surface area contributed by atoms with Crippen LogP contribution in [0.2, 0.25) is 0 Å². The van der Waals surface area contributed by atoms with Crippen molar-refractivity contribution in [2.24, 2.45) is 0 Å². The Morgan fingerprint density at radius 2 is 2.26 bits per heavy atom. The molecule has 1 aromatic carbocycles. The molecule has 1 heterocycles. The number of thiophene rings is 1. The lowest BCUT2D eigenvalue weighted by Crippen LogP contribution is -2.07. The number of anilines is 1. The molecule has 2 rings (SSSR count). The lowest BCUT2D eigenvalue weighted by Gasteiger charge is -2.09. The Bertz CT molecular complexity index is 584. The predicted molar refractivity (Wildman–Crippen MR) is 70.8 cm³/mol. The van der Waals surface area contributed by atoms with Crippen LogP contribution in [0, 0.1) is 5.82 Å². The second-order valence-corrected chi connectivity index (χ2v) is 4.76. The average molecular weight is 281 g/mol. The highest BCUT2D eigenvalue weighted by Crippen LogP contribution is 2.26. The first kappa shape index (κ1) is 13.4. The molecule has 2 N–H and O–H groups in total. The number of benzene rings is 1. The fourth-order valence-corrected chi connectivity index (χ4v) is 2.13. The number of hydrogen-bond donors (Lipinski definition) is 1. The van der Waals surface area contributed by atoms with Gasteiger partial charge in [0, 0.05) is 16.6 Å². The summed E-state index contributed by atoms with van der Waals surface area (Å²) in [6.45, 7) is 0.235. The predicted octanol–water partition coefficient (Wildman–Crippen LogP) is 2.83. The molecule has 0 radical (unpaired) electrons. The molecule has 0 aliphatic heterocycles. The van der Waals surface area contributed by atoms with Gasteiger partial charge in [-0.3, -0.25) is 0 Å². The minimum atomic E-state index is -0.626. The highest BCUT2D eigenvalue weighted by Gasteiger charge is 2.15. The summed E-state index contributed by atoms with van der Waals surface area (Å²) in [5, 5.41) is 1.90. The van der Waals surface area contributed by atoms with Gasteiger partial charge in [-0.2, -0.15) is 0 Å². The fourth-order valence-electron chi connectivity index (χ4n) is 1.51. The fraction of sp³-hybridized carbons (Fsp3) is 0.154. The molecule has 0 amide bonds. The zero-order valence-electron chi connectivity index (χ0n) is 10.2. The van der Waals surface area contributed by atoms with Crippen molar-refractivity contribution in [3.63, 3.8) is 0 Å². The molecule has 0 saturated carbocycles. The standard InChI is InChI=1S/C13H12FNO3S/c1-17-13(16)9-5-12(10(14)6-11(9)15)18-7-8-3-2-4-19-8/h2-6H,7,15H2,1H3. The zero-order chi connectivity index (χ0) is 13.8. The number of halogens is 1. The van der Waals surface area contributed by atoms with E-state index in [1.807, 2.05) is 17.5 Å². The quantitative estimate of drug-likeness (QED) is 0.691. The highest BCUT2D eigenvalue weighted by molar-refractivity contribution is 7.09. The molecule has 0 bridgehead atoms. The smallest absolute Gasteiger partial charge is 0.340 e. The first-order valence-corrected chi connectivity index (χ1v) is 6.32. The lowest BCUT2D eigenvalue weighted by atomic mass is 10.1. The number of nitrogens with two attached hydrogens (primary N) is 1. The van der Waals surface area contributed by atoms with Gasteiger partial charge in [0.05, 0.1) is 12.7 Å². The molecule has 19 heavy (non-hydrogen) atoms. The summed E-state index contributed by atoms with van der Waals surface area (Å²) in [5.41, 5.74) is 5.67. The lowest BCUT2D eigenvalue weighted by molar-refractivity contribution is 0.0601. The topological polar surface area (TPSA) is 61.5 Å². The summed E-state index contributed by atoms with van der Waals surface area (Å²) in [6.07, 6.45) is 0. The van der Waals surface area contributed by atoms with Crippen molar-refractivity contribution in [1.82, 2.24) is 0 Å². The molecule has 2 aromatic rings. The molecule has 1 aromatic heterocycles. The minimum absolute atomic E-state index is 0.0211. The van der Waals surface area contributed by atoms with Gasteiger partial charge in [-0.1, -0.05) is 6.07 Å². The van der Waals surface area contributed by atoms with Crippen LogP contribution in [0.4, 0.5) is 10.1 Å². The molecular weight excluding hydrogens is 269 g/mol. The van der Waals surface area contributed by atoms with E-state index in [1.54, 1.807) is 0 Å². The number of hydrogen-bond acceptors (Lipinski definition) is 5. The Kier molecular flexibility index (Phi) is 4.01. The first-order chi connectivity index (χ1) is 9.11. The number of carbonyl (C=O) groups is 1. The second kappa shape index (κ2) is 5.71. The van der Waals surface area contributed by atoms with Gasteiger partial charge in [-0.05, 0) is 17.5 Å². The normalized spacial score (nSPS) is 10.2. The van der Waals surface area contributed by atoms with E-state index in [9.17, 15) is 9.18 Å². The Morgan fingerprint density at radius 1 is 1.47 bits per heavy atom. The van der Waals surface area contributed by atoms with Crippen LogP contribution in [0.3, 0.4) is 0 Å². The SMILES string of the molecule is COC(=O)c1cc(OCc2cccs2)c(F)cc1N. The number of esters is 1. The van der Waals surface area contributed by atoms with E-state index < -0.39 is 11.8 Å². The van der Waals surface area contributed by atoms with E-state index in [0.717, 1.165) is 10.9 Å². The van der Waals surface area contributed by atoms with Gasteiger partial charge in [0.1, 0.15) is 6.61 Å². The molecule has 0 fully saturated rings. The summed E-state index contributed by atoms with van der Waals surface area (Å²) < 4.78 is 23.6. The van der Waals surface area contributed by atoms with Crippen molar-refractivity contribution in [2.75, 3.05) is 12.8 Å². The molecule has 4 nitrogen and oxygen atoms in total. The summed E-state index contributed by atoms with van der Waals surface area (Å²) in [7, 11) is 1.23. The number of methoxy groups -OCH3 is 1. The van der Waals surface area contributed by atoms with Crippen LogP contribution >= 0.6 is 11.3 Å². The van der Waals surface area contributed by atoms with Crippen molar-refractivity contribution in [3.8, 4) is 5.75 Å². The van der Waals surface area contributed by atoms with Gasteiger partial charge >= 0.3 is 5.97 Å². The first-order valence-electron chi connectivity index (χ1n) is 5.44.